The van der Waals surface area contributed by atoms with Crippen molar-refractivity contribution in [3.63, 3.8) is 0 Å². The lowest BCUT2D eigenvalue weighted by Gasteiger charge is -2.31. The molecule has 1 nitrogen and oxygen atoms in total. The Kier molecular flexibility index (Phi) is 5.74. The zero-order chi connectivity index (χ0) is 16.1. The largest absolute Gasteiger partial charge is 0.303 e. The van der Waals surface area contributed by atoms with Gasteiger partial charge in [0.25, 0.3) is 0 Å². The molecule has 122 valence electrons. The Labute approximate surface area is 142 Å². The fourth-order valence-electron chi connectivity index (χ4n) is 3.06. The standard InChI is InChI=1S/C20H24FNS/c1-16-4-2-3-5-20(16)23-19-11-14-22(15-12-19)13-10-17-6-8-18(21)9-7-17/h2-9,19H,10-15H2,1H3. The van der Waals surface area contributed by atoms with Gasteiger partial charge < -0.3 is 4.90 Å². The van der Waals surface area contributed by atoms with Crippen LogP contribution in [0, 0.1) is 12.7 Å². The summed E-state index contributed by atoms with van der Waals surface area (Å²) in [6.45, 7) is 5.61. The van der Waals surface area contributed by atoms with Crippen molar-refractivity contribution < 1.29 is 4.39 Å². The van der Waals surface area contributed by atoms with Crippen LogP contribution in [-0.2, 0) is 6.42 Å². The van der Waals surface area contributed by atoms with Crippen molar-refractivity contribution in [2.45, 2.75) is 36.3 Å². The third-order valence-electron chi connectivity index (χ3n) is 4.55. The van der Waals surface area contributed by atoms with Crippen molar-refractivity contribution in [2.24, 2.45) is 0 Å². The van der Waals surface area contributed by atoms with Gasteiger partial charge in [0.2, 0.25) is 0 Å². The lowest BCUT2D eigenvalue weighted by Crippen LogP contribution is -2.36. The quantitative estimate of drug-likeness (QED) is 0.765. The maximum Gasteiger partial charge on any atom is 0.123 e. The molecule has 1 fully saturated rings. The molecule has 0 saturated carbocycles. The molecular formula is C20H24FNS. The highest BCUT2D eigenvalue weighted by atomic mass is 32.2. The second-order valence-electron chi connectivity index (χ2n) is 6.30. The SMILES string of the molecule is Cc1ccccc1SC1CCN(CCc2ccc(F)cc2)CC1. The molecular weight excluding hydrogens is 305 g/mol. The topological polar surface area (TPSA) is 3.24 Å². The molecule has 0 bridgehead atoms. The van der Waals surface area contributed by atoms with E-state index in [9.17, 15) is 4.39 Å². The Bertz CT molecular complexity index is 618. The lowest BCUT2D eigenvalue weighted by molar-refractivity contribution is 0.235. The predicted molar refractivity (Wildman–Crippen MR) is 96.6 cm³/mol. The van der Waals surface area contributed by atoms with E-state index in [1.54, 1.807) is 12.1 Å². The van der Waals surface area contributed by atoms with Gasteiger partial charge in [-0.3, -0.25) is 0 Å². The van der Waals surface area contributed by atoms with E-state index < -0.39 is 0 Å². The summed E-state index contributed by atoms with van der Waals surface area (Å²) in [4.78, 5) is 3.97. The third-order valence-corrected chi connectivity index (χ3v) is 6.07. The second kappa shape index (κ2) is 7.98. The molecule has 1 heterocycles. The fraction of sp³-hybridized carbons (Fsp3) is 0.400. The van der Waals surface area contributed by atoms with Crippen LogP contribution in [0.1, 0.15) is 24.0 Å². The van der Waals surface area contributed by atoms with Gasteiger partial charge in [0.15, 0.2) is 0 Å². The van der Waals surface area contributed by atoms with Gasteiger partial charge in [-0.2, -0.15) is 0 Å². The van der Waals surface area contributed by atoms with E-state index in [0.29, 0.717) is 0 Å². The number of likely N-dealkylation sites (tertiary alicyclic amines) is 1. The van der Waals surface area contributed by atoms with Crippen LogP contribution >= 0.6 is 11.8 Å². The van der Waals surface area contributed by atoms with Crippen LogP contribution in [-0.4, -0.2) is 29.8 Å². The van der Waals surface area contributed by atoms with Crippen molar-refractivity contribution in [2.75, 3.05) is 19.6 Å². The minimum atomic E-state index is -0.150. The van der Waals surface area contributed by atoms with E-state index in [2.05, 4.69) is 36.1 Å². The molecule has 1 aliphatic rings. The molecule has 0 N–H and O–H groups in total. The van der Waals surface area contributed by atoms with Crippen LogP contribution < -0.4 is 0 Å². The first-order chi connectivity index (χ1) is 11.2. The van der Waals surface area contributed by atoms with E-state index in [1.807, 2.05) is 23.9 Å². The zero-order valence-corrected chi connectivity index (χ0v) is 14.5. The van der Waals surface area contributed by atoms with Crippen molar-refractivity contribution in [3.8, 4) is 0 Å². The van der Waals surface area contributed by atoms with Crippen LogP contribution in [0.2, 0.25) is 0 Å². The maximum atomic E-state index is 12.9. The van der Waals surface area contributed by atoms with Gasteiger partial charge in [-0.25, -0.2) is 4.39 Å². The van der Waals surface area contributed by atoms with Gasteiger partial charge >= 0.3 is 0 Å². The highest BCUT2D eigenvalue weighted by Gasteiger charge is 2.20. The smallest absolute Gasteiger partial charge is 0.123 e. The van der Waals surface area contributed by atoms with Crippen molar-refractivity contribution >= 4 is 11.8 Å². The first-order valence-corrected chi connectivity index (χ1v) is 9.28. The first kappa shape index (κ1) is 16.5. The van der Waals surface area contributed by atoms with Gasteiger partial charge in [0, 0.05) is 16.7 Å². The highest BCUT2D eigenvalue weighted by molar-refractivity contribution is 8.00. The Morgan fingerprint density at radius 3 is 2.43 bits per heavy atom. The fourth-order valence-corrected chi connectivity index (χ4v) is 4.27. The summed E-state index contributed by atoms with van der Waals surface area (Å²) >= 11 is 2.04. The van der Waals surface area contributed by atoms with Crippen molar-refractivity contribution in [3.05, 3.63) is 65.5 Å². The summed E-state index contributed by atoms with van der Waals surface area (Å²) < 4.78 is 12.9. The average molecular weight is 329 g/mol. The number of rotatable bonds is 5. The normalized spacial score (nSPS) is 16.6. The van der Waals surface area contributed by atoms with Crippen LogP contribution in [0.4, 0.5) is 4.39 Å². The summed E-state index contributed by atoms with van der Waals surface area (Å²) in [5.41, 5.74) is 2.61. The van der Waals surface area contributed by atoms with E-state index in [0.717, 1.165) is 18.2 Å². The van der Waals surface area contributed by atoms with Gasteiger partial charge in [-0.15, -0.1) is 11.8 Å². The Balaban J connectivity index is 1.43. The summed E-state index contributed by atoms with van der Waals surface area (Å²) in [6.07, 6.45) is 3.51. The molecule has 2 aromatic rings. The Hall–Kier alpha value is -1.32. The van der Waals surface area contributed by atoms with Crippen LogP contribution in [0.25, 0.3) is 0 Å². The van der Waals surface area contributed by atoms with Crippen LogP contribution in [0.15, 0.2) is 53.4 Å². The van der Waals surface area contributed by atoms with Gasteiger partial charge in [0.05, 0.1) is 0 Å². The molecule has 0 aliphatic carbocycles. The molecule has 3 rings (SSSR count). The second-order valence-corrected chi connectivity index (χ2v) is 7.64. The molecule has 0 aromatic heterocycles. The molecule has 0 atom stereocenters. The monoisotopic (exact) mass is 329 g/mol. The predicted octanol–water partition coefficient (Wildman–Crippen LogP) is 4.93. The van der Waals surface area contributed by atoms with E-state index in [-0.39, 0.29) is 5.82 Å². The van der Waals surface area contributed by atoms with Gasteiger partial charge in [-0.1, -0.05) is 30.3 Å². The van der Waals surface area contributed by atoms with Crippen molar-refractivity contribution in [1.29, 1.82) is 0 Å². The number of thioether (sulfide) groups is 1. The molecule has 0 unspecified atom stereocenters. The number of nitrogens with zero attached hydrogens (tertiary/aromatic N) is 1. The summed E-state index contributed by atoms with van der Waals surface area (Å²) in [5.74, 6) is -0.150. The minimum absolute atomic E-state index is 0.150. The van der Waals surface area contributed by atoms with E-state index >= 15 is 0 Å². The molecule has 0 spiro atoms. The minimum Gasteiger partial charge on any atom is -0.303 e. The van der Waals surface area contributed by atoms with Crippen molar-refractivity contribution in [1.82, 2.24) is 4.90 Å². The molecule has 23 heavy (non-hydrogen) atoms. The number of aryl methyl sites for hydroxylation is 1. The summed E-state index contributed by atoms with van der Waals surface area (Å²) in [5, 5.41) is 0.734. The molecule has 3 heteroatoms. The maximum absolute atomic E-state index is 12.9. The van der Waals surface area contributed by atoms with E-state index in [1.165, 1.54) is 42.0 Å². The molecule has 1 saturated heterocycles. The van der Waals surface area contributed by atoms with Crippen LogP contribution in [0.3, 0.4) is 0 Å². The summed E-state index contributed by atoms with van der Waals surface area (Å²) in [6, 6.07) is 15.6. The number of halogens is 1. The number of benzene rings is 2. The molecule has 0 radical (unpaired) electrons. The highest BCUT2D eigenvalue weighted by Crippen LogP contribution is 2.32. The van der Waals surface area contributed by atoms with Crippen LogP contribution in [0.5, 0.6) is 0 Å². The number of hydrogen-bond acceptors (Lipinski definition) is 2. The van der Waals surface area contributed by atoms with Gasteiger partial charge in [0.1, 0.15) is 5.82 Å². The number of hydrogen-bond donors (Lipinski definition) is 0. The van der Waals surface area contributed by atoms with Gasteiger partial charge in [-0.05, 0) is 68.6 Å². The number of piperidine rings is 1. The first-order valence-electron chi connectivity index (χ1n) is 8.40. The van der Waals surface area contributed by atoms with E-state index in [4.69, 9.17) is 0 Å². The molecule has 1 aliphatic heterocycles. The summed E-state index contributed by atoms with van der Waals surface area (Å²) in [7, 11) is 0. The Morgan fingerprint density at radius 1 is 1.04 bits per heavy atom. The molecule has 2 aromatic carbocycles. The lowest BCUT2D eigenvalue weighted by atomic mass is 10.1. The molecule has 0 amide bonds. The average Bonchev–Trinajstić information content (AvgIpc) is 2.58. The third kappa shape index (κ3) is 4.82. The Morgan fingerprint density at radius 2 is 1.74 bits per heavy atom. The zero-order valence-electron chi connectivity index (χ0n) is 13.7.